The average Bonchev–Trinajstić information content (AvgIpc) is 2.96. The highest BCUT2D eigenvalue weighted by Crippen LogP contribution is 2.18. The molecule has 2 rings (SSSR count). The van der Waals surface area contributed by atoms with Crippen molar-refractivity contribution in [1.82, 2.24) is 30.0 Å². The zero-order valence-electron chi connectivity index (χ0n) is 20.1. The molecule has 0 radical (unpaired) electrons. The number of carbonyl (C=O) groups excluding carboxylic acids is 4. The third-order valence-corrected chi connectivity index (χ3v) is 9.34. The molecule has 16 heteroatoms. The van der Waals surface area contributed by atoms with E-state index >= 15 is 0 Å². The van der Waals surface area contributed by atoms with Gasteiger partial charge >= 0.3 is 0 Å². The van der Waals surface area contributed by atoms with Crippen molar-refractivity contribution in [3.05, 3.63) is 47.8 Å². The molecule has 2 heterocycles. The van der Waals surface area contributed by atoms with Gasteiger partial charge in [0, 0.05) is 48.5 Å². The van der Waals surface area contributed by atoms with Crippen LogP contribution in [-0.4, -0.2) is 82.5 Å². The van der Waals surface area contributed by atoms with Crippen molar-refractivity contribution in [1.29, 1.82) is 0 Å². The molecule has 0 bridgehead atoms. The second-order valence-electron chi connectivity index (χ2n) is 7.27. The van der Waals surface area contributed by atoms with Crippen LogP contribution in [0.25, 0.3) is 11.4 Å². The summed E-state index contributed by atoms with van der Waals surface area (Å²) >= 11 is 8.13. The fourth-order valence-electron chi connectivity index (χ4n) is 2.47. The van der Waals surface area contributed by atoms with Crippen LogP contribution in [0.15, 0.2) is 36.7 Å². The molecule has 0 saturated heterocycles. The van der Waals surface area contributed by atoms with E-state index < -0.39 is 0 Å². The Hall–Kier alpha value is -1.40. The van der Waals surface area contributed by atoms with Gasteiger partial charge in [-0.05, 0) is 46.2 Å². The molecular weight excluding hydrogens is 605 g/mol. The minimum absolute atomic E-state index is 0.235. The molecule has 0 fully saturated rings. The number of aromatic nitrogens is 2. The lowest BCUT2D eigenvalue weighted by Crippen LogP contribution is -2.27. The van der Waals surface area contributed by atoms with Crippen molar-refractivity contribution < 1.29 is 19.2 Å². The summed E-state index contributed by atoms with van der Waals surface area (Å²) in [6.45, 7) is 0.922. The number of carbonyl (C=O) groups is 4. The van der Waals surface area contributed by atoms with Gasteiger partial charge in [-0.15, -0.1) is 0 Å². The molecule has 0 spiro atoms. The van der Waals surface area contributed by atoms with Crippen molar-refractivity contribution in [2.75, 3.05) is 36.1 Å². The summed E-state index contributed by atoms with van der Waals surface area (Å²) in [5.74, 6) is 1.69. The van der Waals surface area contributed by atoms with Crippen LogP contribution in [0.2, 0.25) is 0 Å². The molecule has 0 aromatic carbocycles. The van der Waals surface area contributed by atoms with Crippen molar-refractivity contribution in [3.63, 3.8) is 0 Å². The number of hydrogen-bond acceptors (Lipinski definition) is 14. The third kappa shape index (κ3) is 12.2. The predicted molar refractivity (Wildman–Crippen MR) is 166 cm³/mol. The standard InChI is InChI=1S/C22H28N6O4S6/c29-11-17(13-33)27-37-35-7-5-23-21(31)15-1-3-19(25-9-15)20-4-2-16(10-26-20)22(32)24-6-8-36-38-28-18(12-30)14-34/h1-4,9-12,17-18,27-28,33-34H,5-8,13-14H2,(H,23,31)(H,24,32)/t17-,18-/m1/s1. The highest BCUT2D eigenvalue weighted by molar-refractivity contribution is 8.76. The van der Waals surface area contributed by atoms with Gasteiger partial charge in [-0.3, -0.25) is 19.6 Å². The third-order valence-electron chi connectivity index (χ3n) is 4.49. The van der Waals surface area contributed by atoms with E-state index in [0.29, 0.717) is 58.6 Å². The lowest BCUT2D eigenvalue weighted by Gasteiger charge is -2.09. The Kier molecular flexibility index (Phi) is 16.9. The molecule has 0 aliphatic heterocycles. The maximum atomic E-state index is 12.3. The van der Waals surface area contributed by atoms with Crippen LogP contribution in [0, 0.1) is 0 Å². The number of hydrogen-bond donors (Lipinski definition) is 6. The summed E-state index contributed by atoms with van der Waals surface area (Å²) in [6.07, 6.45) is 4.58. The van der Waals surface area contributed by atoms with Gasteiger partial charge in [0.2, 0.25) is 0 Å². The SMILES string of the molecule is O=C[C@H](CS)NSSCCNC(=O)c1ccc(-c2ccc(C(=O)NCCSSN[C@H](C=O)CS)cn2)nc1. The first kappa shape index (κ1) is 32.8. The molecule has 0 unspecified atom stereocenters. The molecule has 10 nitrogen and oxygen atoms in total. The van der Waals surface area contributed by atoms with Crippen molar-refractivity contribution in [2.24, 2.45) is 0 Å². The highest BCUT2D eigenvalue weighted by Gasteiger charge is 2.10. The number of thiol groups is 2. The van der Waals surface area contributed by atoms with Crippen molar-refractivity contribution in [3.8, 4) is 11.4 Å². The molecule has 38 heavy (non-hydrogen) atoms. The fourth-order valence-corrected chi connectivity index (χ4v) is 6.42. The van der Waals surface area contributed by atoms with Gasteiger partial charge in [-0.1, -0.05) is 21.6 Å². The zero-order chi connectivity index (χ0) is 27.6. The van der Waals surface area contributed by atoms with E-state index in [-0.39, 0.29) is 23.9 Å². The molecule has 2 atom stereocenters. The Balaban J connectivity index is 1.71. The average molecular weight is 633 g/mol. The molecule has 2 amide bonds. The van der Waals surface area contributed by atoms with E-state index in [2.05, 4.69) is 55.3 Å². The fraction of sp³-hybridized carbons (Fsp3) is 0.364. The van der Waals surface area contributed by atoms with Gasteiger partial charge in [-0.25, -0.2) is 9.44 Å². The van der Waals surface area contributed by atoms with E-state index in [1.807, 2.05) is 0 Å². The van der Waals surface area contributed by atoms with Crippen LogP contribution >= 0.6 is 68.8 Å². The molecule has 2 aromatic rings. The first-order valence-electron chi connectivity index (χ1n) is 11.2. The van der Waals surface area contributed by atoms with E-state index in [0.717, 1.165) is 12.6 Å². The largest absolute Gasteiger partial charge is 0.351 e. The summed E-state index contributed by atoms with van der Waals surface area (Å²) < 4.78 is 5.92. The van der Waals surface area contributed by atoms with Crippen LogP contribution in [0.5, 0.6) is 0 Å². The van der Waals surface area contributed by atoms with Crippen LogP contribution < -0.4 is 20.1 Å². The van der Waals surface area contributed by atoms with Crippen molar-refractivity contribution >= 4 is 93.2 Å². The van der Waals surface area contributed by atoms with Crippen molar-refractivity contribution in [2.45, 2.75) is 12.1 Å². The predicted octanol–water partition coefficient (Wildman–Crippen LogP) is 2.37. The van der Waals surface area contributed by atoms with Gasteiger partial charge in [0.05, 0.1) is 34.6 Å². The maximum Gasteiger partial charge on any atom is 0.252 e. The molecule has 206 valence electrons. The molecule has 0 aliphatic rings. The molecule has 2 aromatic heterocycles. The quantitative estimate of drug-likeness (QED) is 0.0445. The monoisotopic (exact) mass is 632 g/mol. The van der Waals surface area contributed by atoms with Gasteiger partial charge < -0.3 is 20.2 Å². The van der Waals surface area contributed by atoms with Crippen LogP contribution in [0.1, 0.15) is 20.7 Å². The lowest BCUT2D eigenvalue weighted by molar-refractivity contribution is -0.109. The minimum Gasteiger partial charge on any atom is -0.351 e. The van der Waals surface area contributed by atoms with Crippen LogP contribution in [-0.2, 0) is 9.59 Å². The Morgan fingerprint density at radius 3 is 1.50 bits per heavy atom. The Bertz CT molecular complexity index is 937. The number of pyridine rings is 2. The van der Waals surface area contributed by atoms with Crippen LogP contribution in [0.3, 0.4) is 0 Å². The van der Waals surface area contributed by atoms with Gasteiger partial charge in [-0.2, -0.15) is 25.3 Å². The molecule has 0 saturated carbocycles. The molecule has 4 N–H and O–H groups in total. The summed E-state index contributed by atoms with van der Waals surface area (Å²) in [5.41, 5.74) is 2.01. The normalized spacial score (nSPS) is 12.4. The summed E-state index contributed by atoms with van der Waals surface area (Å²) in [7, 11) is 5.67. The number of nitrogens with one attached hydrogen (secondary N) is 4. The number of aldehydes is 2. The zero-order valence-corrected chi connectivity index (χ0v) is 25.1. The molecule has 0 aliphatic carbocycles. The summed E-state index contributed by atoms with van der Waals surface area (Å²) in [4.78, 5) is 54.7. The van der Waals surface area contributed by atoms with Gasteiger partial charge in [0.1, 0.15) is 12.6 Å². The first-order valence-corrected chi connectivity index (χ1v) is 17.1. The summed E-state index contributed by atoms with van der Waals surface area (Å²) in [6, 6.07) is 6.14. The smallest absolute Gasteiger partial charge is 0.252 e. The van der Waals surface area contributed by atoms with E-state index in [1.54, 1.807) is 24.3 Å². The second-order valence-corrected chi connectivity index (χ2v) is 12.5. The summed E-state index contributed by atoms with van der Waals surface area (Å²) in [5, 5.41) is 5.65. The molecular formula is C22H28N6O4S6. The number of rotatable bonds is 19. The van der Waals surface area contributed by atoms with Gasteiger partial charge in [0.15, 0.2) is 0 Å². The second kappa shape index (κ2) is 19.6. The topological polar surface area (TPSA) is 142 Å². The maximum absolute atomic E-state index is 12.3. The highest BCUT2D eigenvalue weighted by atomic mass is 33.1. The Morgan fingerprint density at radius 2 is 1.18 bits per heavy atom. The van der Waals surface area contributed by atoms with E-state index in [4.69, 9.17) is 0 Å². The Morgan fingerprint density at radius 1 is 0.763 bits per heavy atom. The number of nitrogens with zero attached hydrogens (tertiary/aromatic N) is 2. The van der Waals surface area contributed by atoms with E-state index in [1.165, 1.54) is 55.9 Å². The Labute approximate surface area is 248 Å². The van der Waals surface area contributed by atoms with E-state index in [9.17, 15) is 19.2 Å². The number of amides is 2. The van der Waals surface area contributed by atoms with Gasteiger partial charge in [0.25, 0.3) is 11.8 Å². The minimum atomic E-state index is -0.303. The van der Waals surface area contributed by atoms with Crippen LogP contribution in [0.4, 0.5) is 0 Å². The first-order chi connectivity index (χ1) is 18.5. The lowest BCUT2D eigenvalue weighted by atomic mass is 10.1.